The molecule has 9 heteroatoms. The molecule has 3 N–H and O–H groups in total. The van der Waals surface area contributed by atoms with Crippen LogP contribution in [0.15, 0.2) is 24.3 Å². The van der Waals surface area contributed by atoms with Gasteiger partial charge in [-0.3, -0.25) is 9.69 Å². The van der Waals surface area contributed by atoms with Gasteiger partial charge in [0.05, 0.1) is 17.7 Å². The Bertz CT molecular complexity index is 880. The quantitative estimate of drug-likeness (QED) is 0.618. The highest BCUT2D eigenvalue weighted by atomic mass is 16.5. The molecule has 0 saturated carbocycles. The minimum atomic E-state index is -0.963. The first-order chi connectivity index (χ1) is 11.8. The normalized spacial score (nSPS) is 16.2. The summed E-state index contributed by atoms with van der Waals surface area (Å²) in [6, 6.07) is 6.50. The molecule has 0 spiro atoms. The van der Waals surface area contributed by atoms with Crippen LogP contribution in [0.25, 0.3) is 10.9 Å². The molecule has 1 aliphatic heterocycles. The van der Waals surface area contributed by atoms with E-state index in [0.29, 0.717) is 10.9 Å². The number of fused-ring (bicyclic) bond motifs is 1. The molecule has 2 aromatic rings. The van der Waals surface area contributed by atoms with Gasteiger partial charge < -0.3 is 15.8 Å². The summed E-state index contributed by atoms with van der Waals surface area (Å²) in [4.78, 5) is 37.0. The van der Waals surface area contributed by atoms with E-state index in [1.54, 1.807) is 38.1 Å². The first kappa shape index (κ1) is 16.6. The van der Waals surface area contributed by atoms with E-state index in [1.165, 1.54) is 0 Å². The van der Waals surface area contributed by atoms with Crippen LogP contribution in [-0.4, -0.2) is 51.7 Å². The van der Waals surface area contributed by atoms with E-state index in [-0.39, 0.29) is 30.4 Å². The summed E-state index contributed by atoms with van der Waals surface area (Å²) < 4.78 is 5.09. The van der Waals surface area contributed by atoms with Crippen molar-refractivity contribution in [2.45, 2.75) is 19.4 Å². The van der Waals surface area contributed by atoms with Crippen LogP contribution in [0.1, 0.15) is 24.3 Å². The van der Waals surface area contributed by atoms with Gasteiger partial charge >= 0.3 is 12.0 Å². The summed E-state index contributed by atoms with van der Waals surface area (Å²) >= 11 is 0. The molecule has 2 heterocycles. The number of imide groups is 1. The molecule has 130 valence electrons. The van der Waals surface area contributed by atoms with Gasteiger partial charge in [-0.05, 0) is 19.9 Å². The Morgan fingerprint density at radius 3 is 2.68 bits per heavy atom. The number of urea groups is 1. The first-order valence-corrected chi connectivity index (χ1v) is 7.63. The van der Waals surface area contributed by atoms with Gasteiger partial charge in [0.15, 0.2) is 5.69 Å². The lowest BCUT2D eigenvalue weighted by molar-refractivity contribution is -0.130. The summed E-state index contributed by atoms with van der Waals surface area (Å²) in [5, 5.41) is 10.9. The van der Waals surface area contributed by atoms with Crippen LogP contribution in [0.5, 0.6) is 0 Å². The Labute approximate surface area is 143 Å². The summed E-state index contributed by atoms with van der Waals surface area (Å²) in [5.74, 6) is -1.14. The van der Waals surface area contributed by atoms with Crippen molar-refractivity contribution in [3.8, 4) is 0 Å². The molecule has 1 fully saturated rings. The number of esters is 1. The van der Waals surface area contributed by atoms with E-state index < -0.39 is 17.5 Å². The Morgan fingerprint density at radius 1 is 1.28 bits per heavy atom. The maximum atomic E-state index is 12.2. The van der Waals surface area contributed by atoms with Gasteiger partial charge in [-0.25, -0.2) is 9.59 Å². The van der Waals surface area contributed by atoms with Crippen molar-refractivity contribution in [1.29, 1.82) is 0 Å². The van der Waals surface area contributed by atoms with Gasteiger partial charge in [-0.2, -0.15) is 0 Å². The van der Waals surface area contributed by atoms with Crippen LogP contribution in [-0.2, 0) is 9.53 Å². The van der Waals surface area contributed by atoms with Crippen LogP contribution >= 0.6 is 0 Å². The second-order valence-corrected chi connectivity index (χ2v) is 6.13. The molecule has 3 rings (SSSR count). The largest absolute Gasteiger partial charge is 0.459 e. The maximum Gasteiger partial charge on any atom is 0.361 e. The molecular weight excluding hydrogens is 326 g/mol. The van der Waals surface area contributed by atoms with Crippen molar-refractivity contribution in [3.63, 3.8) is 0 Å². The Hall–Kier alpha value is -3.23. The predicted octanol–water partition coefficient (Wildman–Crippen LogP) is 0.699. The molecule has 9 nitrogen and oxygen atoms in total. The van der Waals surface area contributed by atoms with Crippen molar-refractivity contribution in [2.75, 3.05) is 18.9 Å². The van der Waals surface area contributed by atoms with Gasteiger partial charge in [0, 0.05) is 5.39 Å². The highest BCUT2D eigenvalue weighted by molar-refractivity contribution is 6.06. The fraction of sp³-hybridized carbons (Fsp3) is 0.312. The smallest absolute Gasteiger partial charge is 0.361 e. The minimum Gasteiger partial charge on any atom is -0.459 e. The average Bonchev–Trinajstić information content (AvgIpc) is 2.76. The SMILES string of the molecule is CC1(C)NC(=O)N(CCOC(=O)c2nnc3ccccc3c2N)C1=O. The lowest BCUT2D eigenvalue weighted by Gasteiger charge is -2.15. The number of nitrogens with two attached hydrogens (primary N) is 1. The second-order valence-electron chi connectivity index (χ2n) is 6.13. The summed E-state index contributed by atoms with van der Waals surface area (Å²) in [7, 11) is 0. The second kappa shape index (κ2) is 6.00. The molecule has 25 heavy (non-hydrogen) atoms. The van der Waals surface area contributed by atoms with E-state index in [9.17, 15) is 14.4 Å². The molecule has 3 amide bonds. The number of nitrogens with zero attached hydrogens (tertiary/aromatic N) is 3. The van der Waals surface area contributed by atoms with Crippen molar-refractivity contribution in [1.82, 2.24) is 20.4 Å². The number of rotatable bonds is 4. The van der Waals surface area contributed by atoms with Gasteiger partial charge in [-0.1, -0.05) is 18.2 Å². The van der Waals surface area contributed by atoms with Crippen molar-refractivity contribution in [2.24, 2.45) is 0 Å². The Balaban J connectivity index is 1.67. The molecule has 0 atom stereocenters. The van der Waals surface area contributed by atoms with E-state index in [4.69, 9.17) is 10.5 Å². The van der Waals surface area contributed by atoms with Gasteiger partial charge in [-0.15, -0.1) is 10.2 Å². The van der Waals surface area contributed by atoms with Crippen molar-refractivity contribution >= 4 is 34.5 Å². The maximum absolute atomic E-state index is 12.2. The van der Waals surface area contributed by atoms with Gasteiger partial charge in [0.1, 0.15) is 12.1 Å². The number of anilines is 1. The lowest BCUT2D eigenvalue weighted by atomic mass is 10.1. The van der Waals surface area contributed by atoms with Crippen molar-refractivity contribution in [3.05, 3.63) is 30.0 Å². The van der Waals surface area contributed by atoms with Crippen LogP contribution in [0.2, 0.25) is 0 Å². The topological polar surface area (TPSA) is 128 Å². The van der Waals surface area contributed by atoms with E-state index in [1.807, 2.05) is 0 Å². The molecule has 1 aromatic heterocycles. The molecule has 1 saturated heterocycles. The number of ether oxygens (including phenoxy) is 1. The van der Waals surface area contributed by atoms with Crippen LogP contribution in [0.4, 0.5) is 10.5 Å². The zero-order chi connectivity index (χ0) is 18.2. The predicted molar refractivity (Wildman–Crippen MR) is 88.6 cm³/mol. The number of carbonyl (C=O) groups is 3. The van der Waals surface area contributed by atoms with Gasteiger partial charge in [0.2, 0.25) is 0 Å². The third kappa shape index (κ3) is 2.95. The molecule has 1 aliphatic rings. The highest BCUT2D eigenvalue weighted by Gasteiger charge is 2.44. The highest BCUT2D eigenvalue weighted by Crippen LogP contribution is 2.21. The number of nitrogen functional groups attached to an aromatic ring is 1. The number of nitrogens with one attached hydrogen (secondary N) is 1. The fourth-order valence-corrected chi connectivity index (χ4v) is 2.54. The van der Waals surface area contributed by atoms with E-state index >= 15 is 0 Å². The lowest BCUT2D eigenvalue weighted by Crippen LogP contribution is -2.40. The standard InChI is InChI=1S/C16H17N5O4/c1-16(2)14(23)21(15(24)18-16)7-8-25-13(22)12-11(17)9-5-3-4-6-10(9)19-20-12/h3-6H,7-8H2,1-2H3,(H2,17,19)(H,18,24). The monoisotopic (exact) mass is 343 g/mol. The number of carbonyl (C=O) groups excluding carboxylic acids is 3. The zero-order valence-electron chi connectivity index (χ0n) is 13.8. The Kier molecular flexibility index (Phi) is 3.99. The molecular formula is C16H17N5O4. The summed E-state index contributed by atoms with van der Waals surface area (Å²) in [6.07, 6.45) is 0. The van der Waals surface area contributed by atoms with Crippen LogP contribution in [0.3, 0.4) is 0 Å². The number of aromatic nitrogens is 2. The van der Waals surface area contributed by atoms with Crippen molar-refractivity contribution < 1.29 is 19.1 Å². The summed E-state index contributed by atoms with van der Waals surface area (Å²) in [5.41, 5.74) is 5.64. The molecule has 0 bridgehead atoms. The fourth-order valence-electron chi connectivity index (χ4n) is 2.54. The number of hydrogen-bond acceptors (Lipinski definition) is 7. The molecule has 0 unspecified atom stereocenters. The third-order valence-corrected chi connectivity index (χ3v) is 3.89. The van der Waals surface area contributed by atoms with E-state index in [0.717, 1.165) is 4.90 Å². The summed E-state index contributed by atoms with van der Waals surface area (Å²) in [6.45, 7) is 2.98. The minimum absolute atomic E-state index is 0.0548. The number of hydrogen-bond donors (Lipinski definition) is 2. The third-order valence-electron chi connectivity index (χ3n) is 3.89. The number of benzene rings is 1. The van der Waals surface area contributed by atoms with Crippen LogP contribution in [0, 0.1) is 0 Å². The van der Waals surface area contributed by atoms with Gasteiger partial charge in [0.25, 0.3) is 5.91 Å². The molecule has 0 radical (unpaired) electrons. The molecule has 1 aromatic carbocycles. The molecule has 0 aliphatic carbocycles. The Morgan fingerprint density at radius 2 is 2.00 bits per heavy atom. The first-order valence-electron chi connectivity index (χ1n) is 7.63. The van der Waals surface area contributed by atoms with Crippen LogP contribution < -0.4 is 11.1 Å². The zero-order valence-corrected chi connectivity index (χ0v) is 13.8. The average molecular weight is 343 g/mol. The number of amides is 3. The van der Waals surface area contributed by atoms with E-state index in [2.05, 4.69) is 15.5 Å².